The van der Waals surface area contributed by atoms with Gasteiger partial charge in [0.05, 0.1) is 11.1 Å². The van der Waals surface area contributed by atoms with Gasteiger partial charge in [0.1, 0.15) is 5.82 Å². The van der Waals surface area contributed by atoms with Gasteiger partial charge in [0.25, 0.3) is 0 Å². The molecule has 4 rings (SSSR count). The van der Waals surface area contributed by atoms with E-state index in [0.717, 1.165) is 12.1 Å². The molecule has 0 unspecified atom stereocenters. The Labute approximate surface area is 166 Å². The fraction of sp³-hybridized carbons (Fsp3) is 0.250. The average Bonchev–Trinajstić information content (AvgIpc) is 3.25. The van der Waals surface area contributed by atoms with Crippen LogP contribution in [0.1, 0.15) is 24.3 Å². The molecule has 0 spiro atoms. The Morgan fingerprint density at radius 1 is 0.966 bits per heavy atom. The van der Waals surface area contributed by atoms with Crippen molar-refractivity contribution in [1.82, 2.24) is 14.5 Å². The van der Waals surface area contributed by atoms with Crippen LogP contribution < -0.4 is 0 Å². The molecule has 2 heterocycles. The molecule has 1 aromatic heterocycles. The van der Waals surface area contributed by atoms with Crippen LogP contribution in [0.25, 0.3) is 11.1 Å². The highest BCUT2D eigenvalue weighted by atomic mass is 32.2. The highest BCUT2D eigenvalue weighted by Crippen LogP contribution is 2.35. The van der Waals surface area contributed by atoms with Gasteiger partial charge in [0.2, 0.25) is 10.0 Å². The monoisotopic (exact) mass is 421 g/mol. The molecule has 9 heteroatoms. The number of sulfonamides is 1. The minimum Gasteiger partial charge on any atom is -0.285 e. The van der Waals surface area contributed by atoms with Crippen molar-refractivity contribution in [3.63, 3.8) is 0 Å². The second-order valence-electron chi connectivity index (χ2n) is 6.95. The molecule has 0 atom stereocenters. The van der Waals surface area contributed by atoms with E-state index in [1.54, 1.807) is 6.07 Å². The summed E-state index contributed by atoms with van der Waals surface area (Å²) in [5.41, 5.74) is 0.818. The van der Waals surface area contributed by atoms with Crippen LogP contribution in [0.4, 0.5) is 13.2 Å². The first-order valence-electron chi connectivity index (χ1n) is 9.10. The summed E-state index contributed by atoms with van der Waals surface area (Å²) in [5.74, 6) is -2.66. The van der Waals surface area contributed by atoms with Crippen molar-refractivity contribution in [3.05, 3.63) is 71.8 Å². The lowest BCUT2D eigenvalue weighted by Crippen LogP contribution is -2.38. The number of halogens is 3. The Morgan fingerprint density at radius 3 is 2.28 bits per heavy atom. The third-order valence-corrected chi connectivity index (χ3v) is 7.18. The lowest BCUT2D eigenvalue weighted by molar-refractivity contribution is 0.314. The number of piperidine rings is 1. The number of nitrogens with one attached hydrogen (secondary N) is 1. The van der Waals surface area contributed by atoms with Gasteiger partial charge in [-0.25, -0.2) is 21.6 Å². The largest absolute Gasteiger partial charge is 0.285 e. The fourth-order valence-electron chi connectivity index (χ4n) is 3.66. The Kier molecular flexibility index (Phi) is 5.18. The zero-order valence-electron chi connectivity index (χ0n) is 15.3. The van der Waals surface area contributed by atoms with Gasteiger partial charge in [0, 0.05) is 30.4 Å². The van der Waals surface area contributed by atoms with Crippen molar-refractivity contribution < 1.29 is 21.6 Å². The maximum absolute atomic E-state index is 14.7. The van der Waals surface area contributed by atoms with Gasteiger partial charge < -0.3 is 0 Å². The molecule has 3 aromatic rings. The third-order valence-electron chi connectivity index (χ3n) is 5.27. The molecule has 1 aliphatic rings. The summed E-state index contributed by atoms with van der Waals surface area (Å²) in [6.07, 6.45) is 3.62. The maximum atomic E-state index is 14.7. The van der Waals surface area contributed by atoms with Crippen LogP contribution in [0.5, 0.6) is 0 Å². The van der Waals surface area contributed by atoms with Crippen LogP contribution in [0.15, 0.2) is 53.7 Å². The zero-order valence-corrected chi connectivity index (χ0v) is 16.1. The number of hydrogen-bond acceptors (Lipinski definition) is 3. The minimum atomic E-state index is -3.75. The van der Waals surface area contributed by atoms with Gasteiger partial charge in [-0.1, -0.05) is 12.1 Å². The van der Waals surface area contributed by atoms with E-state index >= 15 is 0 Å². The van der Waals surface area contributed by atoms with E-state index in [1.807, 2.05) is 0 Å². The summed E-state index contributed by atoms with van der Waals surface area (Å²) in [7, 11) is -3.75. The normalized spacial score (nSPS) is 16.2. The molecule has 0 radical (unpaired) electrons. The Balaban J connectivity index is 1.51. The minimum absolute atomic E-state index is 0.0130. The van der Waals surface area contributed by atoms with Gasteiger partial charge in [-0.2, -0.15) is 9.40 Å². The first kappa shape index (κ1) is 19.7. The summed E-state index contributed by atoms with van der Waals surface area (Å²) in [6, 6.07) is 7.70. The van der Waals surface area contributed by atoms with Crippen molar-refractivity contribution in [3.8, 4) is 11.1 Å². The van der Waals surface area contributed by atoms with Crippen LogP contribution in [-0.2, 0) is 10.0 Å². The van der Waals surface area contributed by atoms with Crippen molar-refractivity contribution in [2.24, 2.45) is 0 Å². The molecule has 0 amide bonds. The van der Waals surface area contributed by atoms with Gasteiger partial charge in [0.15, 0.2) is 11.6 Å². The summed E-state index contributed by atoms with van der Waals surface area (Å²) in [4.78, 5) is 0.0130. The Hall–Kier alpha value is -2.65. The molecule has 0 aliphatic carbocycles. The predicted molar refractivity (Wildman–Crippen MR) is 101 cm³/mol. The molecule has 0 saturated carbocycles. The van der Waals surface area contributed by atoms with Gasteiger partial charge >= 0.3 is 0 Å². The first-order chi connectivity index (χ1) is 13.9. The fourth-order valence-corrected chi connectivity index (χ4v) is 5.13. The van der Waals surface area contributed by atoms with Crippen molar-refractivity contribution in [1.29, 1.82) is 0 Å². The van der Waals surface area contributed by atoms with E-state index in [2.05, 4.69) is 10.2 Å². The number of hydrogen-bond donors (Lipinski definition) is 1. The van der Waals surface area contributed by atoms with Crippen LogP contribution in [-0.4, -0.2) is 36.0 Å². The molecule has 152 valence electrons. The summed E-state index contributed by atoms with van der Waals surface area (Å²) < 4.78 is 69.0. The summed E-state index contributed by atoms with van der Waals surface area (Å²) >= 11 is 0. The average molecular weight is 421 g/mol. The molecule has 1 aliphatic heterocycles. The summed E-state index contributed by atoms with van der Waals surface area (Å²) in [5, 5.41) is 6.31. The van der Waals surface area contributed by atoms with E-state index in [1.165, 1.54) is 34.9 Å². The van der Waals surface area contributed by atoms with E-state index in [-0.39, 0.29) is 35.0 Å². The third kappa shape index (κ3) is 3.67. The molecule has 0 bridgehead atoms. The number of aromatic nitrogens is 2. The Bertz CT molecular complexity index is 1110. The molecule has 1 fully saturated rings. The smallest absolute Gasteiger partial charge is 0.243 e. The second kappa shape index (κ2) is 7.64. The number of rotatable bonds is 4. The molecule has 2 aromatic carbocycles. The van der Waals surface area contributed by atoms with Crippen LogP contribution >= 0.6 is 0 Å². The van der Waals surface area contributed by atoms with E-state index < -0.39 is 27.5 Å². The first-order valence-corrected chi connectivity index (χ1v) is 10.5. The number of H-pyrrole nitrogens is 1. The van der Waals surface area contributed by atoms with Gasteiger partial charge in [-0.05, 0) is 48.6 Å². The lowest BCUT2D eigenvalue weighted by Gasteiger charge is -2.31. The van der Waals surface area contributed by atoms with Crippen molar-refractivity contribution >= 4 is 10.0 Å². The molecule has 29 heavy (non-hydrogen) atoms. The van der Waals surface area contributed by atoms with Crippen molar-refractivity contribution in [2.75, 3.05) is 13.1 Å². The van der Waals surface area contributed by atoms with E-state index in [0.29, 0.717) is 18.4 Å². The molecule has 1 N–H and O–H groups in total. The van der Waals surface area contributed by atoms with Crippen LogP contribution in [0, 0.1) is 17.5 Å². The van der Waals surface area contributed by atoms with Crippen LogP contribution in [0.3, 0.4) is 0 Å². The Morgan fingerprint density at radius 2 is 1.66 bits per heavy atom. The SMILES string of the molecule is O=S(=O)(c1ccc(F)cc1)N1CCC(c2ccc(-c3cn[nH]c3)c(F)c2F)CC1. The highest BCUT2D eigenvalue weighted by molar-refractivity contribution is 7.89. The van der Waals surface area contributed by atoms with E-state index in [4.69, 9.17) is 0 Å². The quantitative estimate of drug-likeness (QED) is 0.691. The zero-order chi connectivity index (χ0) is 20.6. The highest BCUT2D eigenvalue weighted by Gasteiger charge is 2.31. The number of aromatic amines is 1. The standard InChI is InChI=1S/C20H18F3N3O2S/c21-15-1-3-16(4-2-15)29(27,28)26-9-7-13(8-10-26)17-5-6-18(20(23)19(17)22)14-11-24-25-12-14/h1-6,11-13H,7-10H2,(H,24,25). The lowest BCUT2D eigenvalue weighted by atomic mass is 9.88. The maximum Gasteiger partial charge on any atom is 0.243 e. The van der Waals surface area contributed by atoms with E-state index in [9.17, 15) is 21.6 Å². The predicted octanol–water partition coefficient (Wildman–Crippen LogP) is 4.06. The van der Waals surface area contributed by atoms with Gasteiger partial charge in [-0.3, -0.25) is 5.10 Å². The second-order valence-corrected chi connectivity index (χ2v) is 8.89. The van der Waals surface area contributed by atoms with Crippen molar-refractivity contribution in [2.45, 2.75) is 23.7 Å². The number of benzene rings is 2. The molecular formula is C20H18F3N3O2S. The topological polar surface area (TPSA) is 66.1 Å². The molecular weight excluding hydrogens is 403 g/mol. The number of nitrogens with zero attached hydrogens (tertiary/aromatic N) is 2. The summed E-state index contributed by atoms with van der Waals surface area (Å²) in [6.45, 7) is 0.351. The molecule has 1 saturated heterocycles. The van der Waals surface area contributed by atoms with Crippen LogP contribution in [0.2, 0.25) is 0 Å². The van der Waals surface area contributed by atoms with Gasteiger partial charge in [-0.15, -0.1) is 0 Å². The molecule has 5 nitrogen and oxygen atoms in total.